The molecule has 1 aromatic heterocycles. The first-order chi connectivity index (χ1) is 20.0. The Kier molecular flexibility index (Phi) is 8.79. The van der Waals surface area contributed by atoms with Gasteiger partial charge in [0, 0.05) is 43.8 Å². The first-order valence-corrected chi connectivity index (χ1v) is 13.6. The normalized spacial score (nSPS) is 15.9. The number of likely N-dealkylation sites (tertiary alicyclic amines) is 1. The monoisotopic (exact) mass is 558 g/mol. The maximum atomic E-state index is 13.2. The van der Waals surface area contributed by atoms with Gasteiger partial charge in [0.15, 0.2) is 11.5 Å². The molecule has 1 saturated heterocycles. The fourth-order valence-electron chi connectivity index (χ4n) is 5.25. The van der Waals surface area contributed by atoms with Crippen LogP contribution in [0, 0.1) is 5.92 Å². The standard InChI is InChI=1S/C31H34N4O6/c1-38-12-13-41-30-17-23-22(15-29(30)40-3)31(33-19-32-23)34-24-16-27(37)25(18-26(24)36)35-10-8-20(9-11-35)14-21-6-4-5-7-28(21)39-2/h4-7,15-20H,8-14H2,1-3H3,(H,32,33,34). The summed E-state index contributed by atoms with van der Waals surface area (Å²) in [5, 5.41) is 3.67. The molecule has 1 aliphatic carbocycles. The van der Waals surface area contributed by atoms with Crippen molar-refractivity contribution < 1.29 is 28.5 Å². The minimum absolute atomic E-state index is 0.157. The molecule has 41 heavy (non-hydrogen) atoms. The number of piperidine rings is 1. The highest BCUT2D eigenvalue weighted by Gasteiger charge is 2.29. The largest absolute Gasteiger partial charge is 0.496 e. The lowest BCUT2D eigenvalue weighted by Gasteiger charge is -2.35. The van der Waals surface area contributed by atoms with Gasteiger partial charge in [0.25, 0.3) is 0 Å². The summed E-state index contributed by atoms with van der Waals surface area (Å²) in [6.45, 7) is 2.21. The van der Waals surface area contributed by atoms with Gasteiger partial charge in [0.1, 0.15) is 24.5 Å². The van der Waals surface area contributed by atoms with E-state index in [-0.39, 0.29) is 17.3 Å². The molecule has 0 amide bonds. The highest BCUT2D eigenvalue weighted by Crippen LogP contribution is 2.35. The molecule has 10 nitrogen and oxygen atoms in total. The summed E-state index contributed by atoms with van der Waals surface area (Å²) in [6.07, 6.45) is 6.95. The van der Waals surface area contributed by atoms with E-state index in [4.69, 9.17) is 18.9 Å². The molecule has 5 rings (SSSR count). The smallest absolute Gasteiger partial charge is 0.204 e. The summed E-state index contributed by atoms with van der Waals surface area (Å²) in [6, 6.07) is 11.6. The number of carbonyl (C=O) groups is 2. The summed E-state index contributed by atoms with van der Waals surface area (Å²) in [5.74, 6) is 2.29. The zero-order valence-electron chi connectivity index (χ0n) is 23.5. The van der Waals surface area contributed by atoms with E-state index >= 15 is 0 Å². The van der Waals surface area contributed by atoms with Gasteiger partial charge in [-0.1, -0.05) is 18.2 Å². The summed E-state index contributed by atoms with van der Waals surface area (Å²) >= 11 is 0. The number of benzene rings is 2. The number of nitrogens with zero attached hydrogens (tertiary/aromatic N) is 3. The average Bonchev–Trinajstić information content (AvgIpc) is 2.99. The number of allylic oxidation sites excluding steroid dienone is 2. The molecule has 2 aromatic carbocycles. The third kappa shape index (κ3) is 6.33. The first kappa shape index (κ1) is 28.1. The molecule has 0 spiro atoms. The maximum absolute atomic E-state index is 13.2. The Hall–Kier alpha value is -4.44. The lowest BCUT2D eigenvalue weighted by Crippen LogP contribution is -2.37. The molecule has 2 aliphatic rings. The third-order valence-electron chi connectivity index (χ3n) is 7.44. The van der Waals surface area contributed by atoms with Gasteiger partial charge in [-0.25, -0.2) is 9.97 Å². The minimum Gasteiger partial charge on any atom is -0.496 e. The number of methoxy groups -OCH3 is 3. The topological polar surface area (TPSA) is 112 Å². The fourth-order valence-corrected chi connectivity index (χ4v) is 5.25. The number of carbonyl (C=O) groups excluding carboxylic acids is 2. The summed E-state index contributed by atoms with van der Waals surface area (Å²) in [4.78, 5) is 37.0. The Morgan fingerprint density at radius 2 is 1.68 bits per heavy atom. The van der Waals surface area contributed by atoms with Crippen LogP contribution >= 0.6 is 0 Å². The van der Waals surface area contributed by atoms with Gasteiger partial charge < -0.3 is 29.2 Å². The van der Waals surface area contributed by atoms with E-state index in [0.717, 1.165) is 25.0 Å². The number of hydrogen-bond acceptors (Lipinski definition) is 10. The second-order valence-electron chi connectivity index (χ2n) is 9.97. The van der Waals surface area contributed by atoms with Crippen LogP contribution in [-0.4, -0.2) is 74.1 Å². The van der Waals surface area contributed by atoms with Crippen molar-refractivity contribution in [1.82, 2.24) is 14.9 Å². The Labute approximate surface area is 239 Å². The van der Waals surface area contributed by atoms with Crippen LogP contribution in [0.1, 0.15) is 18.4 Å². The molecule has 10 heteroatoms. The molecule has 3 aromatic rings. The second-order valence-corrected chi connectivity index (χ2v) is 9.97. The predicted molar refractivity (Wildman–Crippen MR) is 154 cm³/mol. The van der Waals surface area contributed by atoms with Gasteiger partial charge in [-0.3, -0.25) is 9.59 Å². The molecular weight excluding hydrogens is 524 g/mol. The lowest BCUT2D eigenvalue weighted by atomic mass is 9.89. The molecular formula is C31H34N4O6. The number of fused-ring (bicyclic) bond motifs is 1. The van der Waals surface area contributed by atoms with Crippen molar-refractivity contribution in [2.45, 2.75) is 19.3 Å². The summed E-state index contributed by atoms with van der Waals surface area (Å²) in [7, 11) is 4.83. The van der Waals surface area contributed by atoms with Crippen molar-refractivity contribution in [3.05, 3.63) is 71.8 Å². The Morgan fingerprint density at radius 3 is 2.44 bits per heavy atom. The number of rotatable bonds is 11. The molecule has 1 aliphatic heterocycles. The number of nitrogens with one attached hydrogen (secondary N) is 1. The van der Waals surface area contributed by atoms with Crippen molar-refractivity contribution in [2.24, 2.45) is 5.92 Å². The van der Waals surface area contributed by atoms with Crippen LogP contribution in [0.2, 0.25) is 0 Å². The van der Waals surface area contributed by atoms with Gasteiger partial charge in [-0.15, -0.1) is 0 Å². The van der Waals surface area contributed by atoms with Crippen LogP contribution in [0.3, 0.4) is 0 Å². The molecule has 0 radical (unpaired) electrons. The molecule has 0 saturated carbocycles. The number of para-hydroxylation sites is 1. The van der Waals surface area contributed by atoms with E-state index in [1.54, 1.807) is 33.5 Å². The molecule has 1 N–H and O–H groups in total. The zero-order valence-corrected chi connectivity index (χ0v) is 23.5. The predicted octanol–water partition coefficient (Wildman–Crippen LogP) is 3.96. The molecule has 0 bridgehead atoms. The van der Waals surface area contributed by atoms with Crippen LogP contribution in [0.25, 0.3) is 10.9 Å². The highest BCUT2D eigenvalue weighted by atomic mass is 16.5. The van der Waals surface area contributed by atoms with Gasteiger partial charge >= 0.3 is 0 Å². The lowest BCUT2D eigenvalue weighted by molar-refractivity contribution is -0.116. The Bertz CT molecular complexity index is 1490. The van der Waals surface area contributed by atoms with Crippen molar-refractivity contribution in [3.8, 4) is 17.2 Å². The average molecular weight is 559 g/mol. The van der Waals surface area contributed by atoms with E-state index in [1.165, 1.54) is 24.0 Å². The molecule has 214 valence electrons. The Balaban J connectivity index is 1.26. The summed E-state index contributed by atoms with van der Waals surface area (Å²) in [5.41, 5.74) is 2.38. The molecule has 1 fully saturated rings. The van der Waals surface area contributed by atoms with Crippen LogP contribution < -0.4 is 19.5 Å². The number of ether oxygens (including phenoxy) is 4. The number of ketones is 2. The molecule has 0 atom stereocenters. The van der Waals surface area contributed by atoms with Crippen molar-refractivity contribution in [3.63, 3.8) is 0 Å². The molecule has 2 heterocycles. The maximum Gasteiger partial charge on any atom is 0.204 e. The van der Waals surface area contributed by atoms with Gasteiger partial charge in [0.05, 0.1) is 37.7 Å². The first-order valence-electron chi connectivity index (χ1n) is 13.6. The van der Waals surface area contributed by atoms with Crippen molar-refractivity contribution >= 4 is 28.3 Å². The number of aromatic nitrogens is 2. The summed E-state index contributed by atoms with van der Waals surface area (Å²) < 4.78 is 21.8. The van der Waals surface area contributed by atoms with E-state index in [9.17, 15) is 9.59 Å². The highest BCUT2D eigenvalue weighted by molar-refractivity contribution is 6.21. The van der Waals surface area contributed by atoms with Crippen LogP contribution in [0.5, 0.6) is 17.2 Å². The van der Waals surface area contributed by atoms with Gasteiger partial charge in [0.2, 0.25) is 11.6 Å². The minimum atomic E-state index is -0.283. The van der Waals surface area contributed by atoms with Crippen molar-refractivity contribution in [1.29, 1.82) is 0 Å². The van der Waals surface area contributed by atoms with Crippen molar-refractivity contribution in [2.75, 3.05) is 52.9 Å². The zero-order chi connectivity index (χ0) is 28.8. The third-order valence-corrected chi connectivity index (χ3v) is 7.44. The second kappa shape index (κ2) is 12.8. The van der Waals surface area contributed by atoms with Crippen LogP contribution in [0.4, 0.5) is 5.82 Å². The van der Waals surface area contributed by atoms with Crippen LogP contribution in [-0.2, 0) is 20.7 Å². The number of hydrogen-bond donors (Lipinski definition) is 1. The quantitative estimate of drug-likeness (QED) is 0.274. The van der Waals surface area contributed by atoms with E-state index < -0.39 is 0 Å². The van der Waals surface area contributed by atoms with E-state index in [2.05, 4.69) is 21.4 Å². The van der Waals surface area contributed by atoms with Gasteiger partial charge in [-0.2, -0.15) is 0 Å². The molecule has 0 unspecified atom stereocenters. The van der Waals surface area contributed by atoms with Crippen LogP contribution in [0.15, 0.2) is 66.3 Å². The van der Waals surface area contributed by atoms with E-state index in [0.29, 0.717) is 66.1 Å². The van der Waals surface area contributed by atoms with E-state index in [1.807, 2.05) is 23.1 Å². The van der Waals surface area contributed by atoms with Gasteiger partial charge in [-0.05, 0) is 42.9 Å². The SMILES string of the molecule is COCCOc1cc2ncnc(NC3=CC(=O)C(N4CCC(Cc5ccccc5OC)CC4)=CC3=O)c2cc1OC. The Morgan fingerprint density at radius 1 is 0.902 bits per heavy atom. The number of anilines is 1. The fraction of sp³-hybridized carbons (Fsp3) is 0.355.